The third-order valence-electron chi connectivity index (χ3n) is 3.64. The van der Waals surface area contributed by atoms with Crippen LogP contribution in [0.15, 0.2) is 0 Å². The number of urea groups is 1. The molecule has 1 aliphatic rings. The molecule has 112 valence electrons. The van der Waals surface area contributed by atoms with E-state index in [1.807, 2.05) is 35.2 Å². The van der Waals surface area contributed by atoms with Crippen LogP contribution >= 0.6 is 11.8 Å². The number of thioether (sulfide) groups is 1. The van der Waals surface area contributed by atoms with Crippen LogP contribution in [0.5, 0.6) is 0 Å². The molecule has 1 aliphatic heterocycles. The van der Waals surface area contributed by atoms with Crippen molar-refractivity contribution >= 4 is 23.5 Å². The number of amides is 2. The van der Waals surface area contributed by atoms with Gasteiger partial charge in [-0.1, -0.05) is 6.92 Å². The molecule has 0 saturated carbocycles. The molecule has 1 fully saturated rings. The summed E-state index contributed by atoms with van der Waals surface area (Å²) in [6, 6.07) is 0.00111. The zero-order valence-electron chi connectivity index (χ0n) is 12.8. The predicted molar refractivity (Wildman–Crippen MR) is 84.5 cm³/mol. The average Bonchev–Trinajstić information content (AvgIpc) is 2.59. The van der Waals surface area contributed by atoms with Crippen LogP contribution in [0.2, 0.25) is 0 Å². The van der Waals surface area contributed by atoms with E-state index in [4.69, 9.17) is 0 Å². The second-order valence-electron chi connectivity index (χ2n) is 5.42. The second-order valence-corrected chi connectivity index (χ2v) is 6.57. The standard InChI is InChI=1S/C14H24N4OS/c1-5-18-12(4)13(11(3)16-18)15-14(19)17-6-7-20-9-10(2)8-17/h10H,5-9H2,1-4H3,(H,15,19). The predicted octanol–water partition coefficient (Wildman–Crippen LogP) is 2.74. The summed E-state index contributed by atoms with van der Waals surface area (Å²) in [7, 11) is 0. The van der Waals surface area contributed by atoms with Gasteiger partial charge in [-0.25, -0.2) is 4.79 Å². The molecule has 1 N–H and O–H groups in total. The Hall–Kier alpha value is -1.17. The first kappa shape index (κ1) is 15.2. The zero-order chi connectivity index (χ0) is 14.7. The van der Waals surface area contributed by atoms with Crippen molar-refractivity contribution in [1.29, 1.82) is 0 Å². The summed E-state index contributed by atoms with van der Waals surface area (Å²) >= 11 is 1.93. The normalized spacial score (nSPS) is 19.8. The molecule has 0 spiro atoms. The van der Waals surface area contributed by atoms with Gasteiger partial charge in [-0.3, -0.25) is 4.68 Å². The largest absolute Gasteiger partial charge is 0.323 e. The zero-order valence-corrected chi connectivity index (χ0v) is 13.6. The van der Waals surface area contributed by atoms with Gasteiger partial charge in [0, 0.05) is 25.4 Å². The van der Waals surface area contributed by atoms with Crippen LogP contribution in [0.25, 0.3) is 0 Å². The van der Waals surface area contributed by atoms with Crippen molar-refractivity contribution in [2.24, 2.45) is 5.92 Å². The third-order valence-corrected chi connectivity index (χ3v) is 4.92. The number of carbonyl (C=O) groups excluding carboxylic acids is 1. The van der Waals surface area contributed by atoms with E-state index < -0.39 is 0 Å². The minimum atomic E-state index is 0.00111. The van der Waals surface area contributed by atoms with E-state index in [0.717, 1.165) is 48.2 Å². The van der Waals surface area contributed by atoms with Crippen LogP contribution in [0.4, 0.5) is 10.5 Å². The quantitative estimate of drug-likeness (QED) is 0.913. The Morgan fingerprint density at radius 3 is 2.90 bits per heavy atom. The molecule has 2 rings (SSSR count). The Kier molecular flexibility index (Phi) is 4.96. The minimum Gasteiger partial charge on any atom is -0.323 e. The van der Waals surface area contributed by atoms with E-state index in [9.17, 15) is 4.79 Å². The Balaban J connectivity index is 2.09. The summed E-state index contributed by atoms with van der Waals surface area (Å²) in [6.45, 7) is 10.7. The van der Waals surface area contributed by atoms with Crippen molar-refractivity contribution < 1.29 is 4.79 Å². The van der Waals surface area contributed by atoms with E-state index in [1.165, 1.54) is 0 Å². The fraction of sp³-hybridized carbons (Fsp3) is 0.714. The number of rotatable bonds is 2. The Morgan fingerprint density at radius 2 is 2.25 bits per heavy atom. The van der Waals surface area contributed by atoms with E-state index >= 15 is 0 Å². The van der Waals surface area contributed by atoms with Gasteiger partial charge in [0.1, 0.15) is 0 Å². The smallest absolute Gasteiger partial charge is 0.321 e. The summed E-state index contributed by atoms with van der Waals surface area (Å²) in [5.74, 6) is 2.70. The maximum atomic E-state index is 12.4. The van der Waals surface area contributed by atoms with Crippen molar-refractivity contribution in [2.75, 3.05) is 29.9 Å². The number of aryl methyl sites for hydroxylation is 2. The number of anilines is 1. The van der Waals surface area contributed by atoms with Crippen molar-refractivity contribution in [3.8, 4) is 0 Å². The summed E-state index contributed by atoms with van der Waals surface area (Å²) in [5.41, 5.74) is 2.77. The fourth-order valence-corrected chi connectivity index (χ4v) is 3.56. The molecule has 1 unspecified atom stereocenters. The highest BCUT2D eigenvalue weighted by Gasteiger charge is 2.21. The Morgan fingerprint density at radius 1 is 1.50 bits per heavy atom. The molecular formula is C14H24N4OS. The second kappa shape index (κ2) is 6.52. The van der Waals surface area contributed by atoms with Gasteiger partial charge in [0.05, 0.1) is 17.1 Å². The molecule has 6 heteroatoms. The van der Waals surface area contributed by atoms with Crippen LogP contribution in [0.3, 0.4) is 0 Å². The fourth-order valence-electron chi connectivity index (χ4n) is 2.54. The van der Waals surface area contributed by atoms with E-state index in [-0.39, 0.29) is 6.03 Å². The van der Waals surface area contributed by atoms with Crippen molar-refractivity contribution in [3.63, 3.8) is 0 Å². The maximum absolute atomic E-state index is 12.4. The minimum absolute atomic E-state index is 0.00111. The highest BCUT2D eigenvalue weighted by Crippen LogP contribution is 2.21. The molecule has 0 aromatic carbocycles. The lowest BCUT2D eigenvalue weighted by atomic mass is 10.2. The number of hydrogen-bond donors (Lipinski definition) is 1. The average molecular weight is 296 g/mol. The molecule has 0 aliphatic carbocycles. The number of nitrogens with zero attached hydrogens (tertiary/aromatic N) is 3. The van der Waals surface area contributed by atoms with Gasteiger partial charge in [-0.15, -0.1) is 0 Å². The summed E-state index contributed by atoms with van der Waals surface area (Å²) in [6.07, 6.45) is 0. The van der Waals surface area contributed by atoms with E-state index in [0.29, 0.717) is 5.92 Å². The maximum Gasteiger partial charge on any atom is 0.321 e. The molecule has 1 saturated heterocycles. The Bertz CT molecular complexity index is 486. The van der Waals surface area contributed by atoms with Crippen LogP contribution in [0.1, 0.15) is 25.2 Å². The SMILES string of the molecule is CCn1nc(C)c(NC(=O)N2CCSCC(C)C2)c1C. The molecule has 5 nitrogen and oxygen atoms in total. The molecule has 1 aromatic rings. The summed E-state index contributed by atoms with van der Waals surface area (Å²) in [4.78, 5) is 14.4. The number of aromatic nitrogens is 2. The number of hydrogen-bond acceptors (Lipinski definition) is 3. The van der Waals surface area contributed by atoms with Crippen molar-refractivity contribution in [2.45, 2.75) is 34.2 Å². The molecule has 2 amide bonds. The van der Waals surface area contributed by atoms with Crippen molar-refractivity contribution in [1.82, 2.24) is 14.7 Å². The van der Waals surface area contributed by atoms with Crippen LogP contribution < -0.4 is 5.32 Å². The monoisotopic (exact) mass is 296 g/mol. The van der Waals surface area contributed by atoms with Gasteiger partial charge in [-0.05, 0) is 32.4 Å². The van der Waals surface area contributed by atoms with E-state index in [1.54, 1.807) is 0 Å². The van der Waals surface area contributed by atoms with Gasteiger partial charge in [-0.2, -0.15) is 16.9 Å². The number of nitrogens with one attached hydrogen (secondary N) is 1. The van der Waals surface area contributed by atoms with Crippen molar-refractivity contribution in [3.05, 3.63) is 11.4 Å². The molecular weight excluding hydrogens is 272 g/mol. The summed E-state index contributed by atoms with van der Waals surface area (Å²) in [5, 5.41) is 7.49. The van der Waals surface area contributed by atoms with Crippen LogP contribution in [0, 0.1) is 19.8 Å². The number of carbonyl (C=O) groups is 1. The first-order valence-corrected chi connectivity index (χ1v) is 8.36. The van der Waals surface area contributed by atoms with Crippen LogP contribution in [-0.2, 0) is 6.54 Å². The topological polar surface area (TPSA) is 50.2 Å². The third kappa shape index (κ3) is 3.29. The molecule has 20 heavy (non-hydrogen) atoms. The van der Waals surface area contributed by atoms with Gasteiger partial charge in [0.15, 0.2) is 0 Å². The Labute approximate surface area is 125 Å². The first-order chi connectivity index (χ1) is 9.52. The first-order valence-electron chi connectivity index (χ1n) is 7.20. The molecule has 0 radical (unpaired) electrons. The lowest BCUT2D eigenvalue weighted by molar-refractivity contribution is 0.210. The molecule has 1 aromatic heterocycles. The van der Waals surface area contributed by atoms with Gasteiger partial charge in [0.25, 0.3) is 0 Å². The summed E-state index contributed by atoms with van der Waals surface area (Å²) < 4.78 is 1.92. The lowest BCUT2D eigenvalue weighted by Gasteiger charge is -2.22. The highest BCUT2D eigenvalue weighted by atomic mass is 32.2. The lowest BCUT2D eigenvalue weighted by Crippen LogP contribution is -2.38. The van der Waals surface area contributed by atoms with Gasteiger partial charge < -0.3 is 10.2 Å². The van der Waals surface area contributed by atoms with Crippen LogP contribution in [-0.4, -0.2) is 45.3 Å². The molecule has 2 heterocycles. The van der Waals surface area contributed by atoms with Gasteiger partial charge in [0.2, 0.25) is 0 Å². The van der Waals surface area contributed by atoms with E-state index in [2.05, 4.69) is 24.3 Å². The highest BCUT2D eigenvalue weighted by molar-refractivity contribution is 7.99. The molecule has 0 bridgehead atoms. The van der Waals surface area contributed by atoms with Gasteiger partial charge >= 0.3 is 6.03 Å². The molecule has 1 atom stereocenters.